The van der Waals surface area contributed by atoms with Crippen molar-refractivity contribution in [2.45, 2.75) is 65.5 Å². The number of amides is 1. The van der Waals surface area contributed by atoms with Crippen molar-refractivity contribution >= 4 is 5.91 Å². The van der Waals surface area contributed by atoms with Gasteiger partial charge in [-0.1, -0.05) is 26.7 Å². The van der Waals surface area contributed by atoms with E-state index in [1.807, 2.05) is 6.92 Å². The normalized spacial score (nSPS) is 16.3. The van der Waals surface area contributed by atoms with E-state index in [2.05, 4.69) is 17.0 Å². The van der Waals surface area contributed by atoms with Gasteiger partial charge in [-0.3, -0.25) is 9.53 Å². The van der Waals surface area contributed by atoms with Gasteiger partial charge in [-0.15, -0.1) is 13.2 Å². The quantitative estimate of drug-likeness (QED) is 0.673. The summed E-state index contributed by atoms with van der Waals surface area (Å²) >= 11 is 0. The molecular formula is C14H26F3NO3. The summed E-state index contributed by atoms with van der Waals surface area (Å²) in [4.78, 5) is 11.1. The molecule has 0 aliphatic rings. The van der Waals surface area contributed by atoms with Gasteiger partial charge in [0.2, 0.25) is 5.91 Å². The molecular weight excluding hydrogens is 287 g/mol. The lowest BCUT2D eigenvalue weighted by molar-refractivity contribution is -0.327. The largest absolute Gasteiger partial charge is 0.522 e. The van der Waals surface area contributed by atoms with Crippen LogP contribution >= 0.6 is 0 Å². The molecule has 0 spiro atoms. The summed E-state index contributed by atoms with van der Waals surface area (Å²) in [5.74, 6) is -0.0409. The molecule has 3 atom stereocenters. The fourth-order valence-electron chi connectivity index (χ4n) is 1.96. The molecule has 0 radical (unpaired) electrons. The van der Waals surface area contributed by atoms with E-state index in [4.69, 9.17) is 4.74 Å². The number of halogens is 3. The molecule has 7 heteroatoms. The Morgan fingerprint density at radius 2 is 1.86 bits per heavy atom. The van der Waals surface area contributed by atoms with E-state index in [1.165, 1.54) is 6.92 Å². The average molecular weight is 313 g/mol. The van der Waals surface area contributed by atoms with Crippen LogP contribution in [-0.4, -0.2) is 37.6 Å². The lowest BCUT2D eigenvalue weighted by atomic mass is 10.0. The Balaban J connectivity index is 4.42. The van der Waals surface area contributed by atoms with Crippen LogP contribution in [0.3, 0.4) is 0 Å². The highest BCUT2D eigenvalue weighted by Gasteiger charge is 2.32. The van der Waals surface area contributed by atoms with Gasteiger partial charge >= 0.3 is 6.36 Å². The Morgan fingerprint density at radius 1 is 1.24 bits per heavy atom. The number of rotatable bonds is 10. The standard InChI is InChI=1S/C14H26F3NO3/c1-5-7-12(6-2)8-20-10(3)13(18-11(4)19)9-21-14(15,16)17/h10,12-13H,5-9H2,1-4H3,(H,18,19). The van der Waals surface area contributed by atoms with Crippen LogP contribution in [-0.2, 0) is 14.3 Å². The summed E-state index contributed by atoms with van der Waals surface area (Å²) in [6.07, 6.45) is -2.29. The molecule has 0 fully saturated rings. The lowest BCUT2D eigenvalue weighted by Gasteiger charge is -2.27. The van der Waals surface area contributed by atoms with Crippen LogP contribution < -0.4 is 5.32 Å². The third-order valence-corrected chi connectivity index (χ3v) is 3.25. The molecule has 4 nitrogen and oxygen atoms in total. The van der Waals surface area contributed by atoms with Crippen molar-refractivity contribution in [2.75, 3.05) is 13.2 Å². The molecule has 21 heavy (non-hydrogen) atoms. The summed E-state index contributed by atoms with van der Waals surface area (Å²) in [6.45, 7) is 6.82. The Morgan fingerprint density at radius 3 is 2.29 bits per heavy atom. The second kappa shape index (κ2) is 10.00. The minimum atomic E-state index is -4.72. The van der Waals surface area contributed by atoms with Crippen molar-refractivity contribution < 1.29 is 27.4 Å². The van der Waals surface area contributed by atoms with Crippen molar-refractivity contribution in [3.63, 3.8) is 0 Å². The topological polar surface area (TPSA) is 47.6 Å². The van der Waals surface area contributed by atoms with Crippen LogP contribution in [0.5, 0.6) is 0 Å². The Bertz CT molecular complexity index is 298. The molecule has 0 aromatic carbocycles. The summed E-state index contributed by atoms with van der Waals surface area (Å²) in [7, 11) is 0. The number of carbonyl (C=O) groups excluding carboxylic acids is 1. The summed E-state index contributed by atoms with van der Waals surface area (Å²) in [5.41, 5.74) is 0. The highest BCUT2D eigenvalue weighted by molar-refractivity contribution is 5.73. The smallest absolute Gasteiger partial charge is 0.376 e. The zero-order valence-corrected chi connectivity index (χ0v) is 13.1. The Kier molecular flexibility index (Phi) is 9.61. The third-order valence-electron chi connectivity index (χ3n) is 3.25. The van der Waals surface area contributed by atoms with Gasteiger partial charge in [0.25, 0.3) is 0 Å². The zero-order chi connectivity index (χ0) is 16.5. The van der Waals surface area contributed by atoms with Crippen molar-refractivity contribution in [3.8, 4) is 0 Å². The monoisotopic (exact) mass is 313 g/mol. The number of hydrogen-bond acceptors (Lipinski definition) is 3. The maximum Gasteiger partial charge on any atom is 0.522 e. The molecule has 126 valence electrons. The first kappa shape index (κ1) is 20.2. The molecule has 1 amide bonds. The summed E-state index contributed by atoms with van der Waals surface area (Å²) in [5, 5.41) is 2.44. The SMILES string of the molecule is CCCC(CC)COC(C)C(COC(F)(F)F)NC(C)=O. The van der Waals surface area contributed by atoms with E-state index < -0.39 is 31.0 Å². The van der Waals surface area contributed by atoms with Crippen molar-refractivity contribution in [3.05, 3.63) is 0 Å². The fraction of sp³-hybridized carbons (Fsp3) is 0.929. The van der Waals surface area contributed by atoms with Gasteiger partial charge in [0.05, 0.1) is 18.8 Å². The van der Waals surface area contributed by atoms with E-state index in [-0.39, 0.29) is 0 Å². The van der Waals surface area contributed by atoms with Crippen LogP contribution in [0.2, 0.25) is 0 Å². The molecule has 0 bridgehead atoms. The van der Waals surface area contributed by atoms with Crippen LogP contribution in [0.1, 0.15) is 47.0 Å². The van der Waals surface area contributed by atoms with Gasteiger partial charge in [0.15, 0.2) is 0 Å². The van der Waals surface area contributed by atoms with E-state index in [0.717, 1.165) is 19.3 Å². The van der Waals surface area contributed by atoms with Gasteiger partial charge in [-0.2, -0.15) is 0 Å². The molecule has 0 saturated heterocycles. The lowest BCUT2D eigenvalue weighted by Crippen LogP contribution is -2.46. The van der Waals surface area contributed by atoms with Gasteiger partial charge in [-0.25, -0.2) is 0 Å². The minimum Gasteiger partial charge on any atom is -0.376 e. The van der Waals surface area contributed by atoms with Gasteiger partial charge in [0.1, 0.15) is 0 Å². The predicted molar refractivity (Wildman–Crippen MR) is 73.7 cm³/mol. The first-order valence-electron chi connectivity index (χ1n) is 7.28. The highest BCUT2D eigenvalue weighted by atomic mass is 19.4. The maximum absolute atomic E-state index is 12.1. The van der Waals surface area contributed by atoms with Crippen molar-refractivity contribution in [2.24, 2.45) is 5.92 Å². The van der Waals surface area contributed by atoms with E-state index in [0.29, 0.717) is 12.5 Å². The molecule has 0 heterocycles. The first-order valence-corrected chi connectivity index (χ1v) is 7.28. The molecule has 1 N–H and O–H groups in total. The van der Waals surface area contributed by atoms with E-state index in [1.54, 1.807) is 6.92 Å². The van der Waals surface area contributed by atoms with Crippen LogP contribution in [0.25, 0.3) is 0 Å². The molecule has 0 saturated carbocycles. The van der Waals surface area contributed by atoms with E-state index >= 15 is 0 Å². The second-order valence-electron chi connectivity index (χ2n) is 5.17. The number of nitrogens with one attached hydrogen (secondary N) is 1. The van der Waals surface area contributed by atoms with Gasteiger partial charge in [-0.05, 0) is 19.3 Å². The van der Waals surface area contributed by atoms with Crippen LogP contribution in [0.4, 0.5) is 13.2 Å². The number of carbonyl (C=O) groups is 1. The Hall–Kier alpha value is -0.820. The van der Waals surface area contributed by atoms with Crippen LogP contribution in [0.15, 0.2) is 0 Å². The Labute approximate surface area is 124 Å². The fourth-order valence-corrected chi connectivity index (χ4v) is 1.96. The molecule has 0 aliphatic carbocycles. The maximum atomic E-state index is 12.1. The second-order valence-corrected chi connectivity index (χ2v) is 5.17. The molecule has 0 aromatic heterocycles. The van der Waals surface area contributed by atoms with Crippen molar-refractivity contribution in [1.82, 2.24) is 5.32 Å². The van der Waals surface area contributed by atoms with E-state index in [9.17, 15) is 18.0 Å². The zero-order valence-electron chi connectivity index (χ0n) is 13.1. The minimum absolute atomic E-state index is 0.374. The first-order chi connectivity index (χ1) is 9.69. The van der Waals surface area contributed by atoms with Crippen molar-refractivity contribution in [1.29, 1.82) is 0 Å². The van der Waals surface area contributed by atoms with Gasteiger partial charge < -0.3 is 10.1 Å². The number of ether oxygens (including phenoxy) is 2. The number of alkyl halides is 3. The molecule has 3 unspecified atom stereocenters. The summed E-state index contributed by atoms with van der Waals surface area (Å²) < 4.78 is 45.7. The van der Waals surface area contributed by atoms with Crippen LogP contribution in [0, 0.1) is 5.92 Å². The van der Waals surface area contributed by atoms with Gasteiger partial charge in [0, 0.05) is 13.5 Å². The predicted octanol–water partition coefficient (Wildman–Crippen LogP) is 3.26. The number of hydrogen-bond donors (Lipinski definition) is 1. The third kappa shape index (κ3) is 10.5. The molecule has 0 rings (SSSR count). The average Bonchev–Trinajstić information content (AvgIpc) is 2.37. The molecule has 0 aliphatic heterocycles. The molecule has 0 aromatic rings. The highest BCUT2D eigenvalue weighted by Crippen LogP contribution is 2.18. The summed E-state index contributed by atoms with van der Waals surface area (Å²) in [6, 6.07) is -0.830.